The molecule has 1 aromatic carbocycles. The first-order valence-electron chi connectivity index (χ1n) is 16.3. The van der Waals surface area contributed by atoms with Crippen LogP contribution in [0.1, 0.15) is 144 Å². The molecule has 1 atom stereocenters. The summed E-state index contributed by atoms with van der Waals surface area (Å²) in [4.78, 5) is 49.8. The molecule has 0 aliphatic carbocycles. The molecule has 0 bridgehead atoms. The molecule has 0 aromatic heterocycles. The second-order valence-electron chi connectivity index (χ2n) is 12.4. The van der Waals surface area contributed by atoms with E-state index >= 15 is 0 Å². The fraction of sp³-hybridized carbons (Fsp3) is 0.722. The highest BCUT2D eigenvalue weighted by Gasteiger charge is 2.41. The van der Waals surface area contributed by atoms with E-state index in [2.05, 4.69) is 34.6 Å². The van der Waals surface area contributed by atoms with Crippen molar-refractivity contribution in [3.63, 3.8) is 0 Å². The van der Waals surface area contributed by atoms with E-state index in [1.165, 1.54) is 24.3 Å². The van der Waals surface area contributed by atoms with Crippen LogP contribution in [0.5, 0.6) is 0 Å². The predicted octanol–water partition coefficient (Wildman–Crippen LogP) is 9.49. The van der Waals surface area contributed by atoms with Crippen molar-refractivity contribution in [2.75, 3.05) is 19.0 Å². The molecule has 0 fully saturated rings. The van der Waals surface area contributed by atoms with Gasteiger partial charge in [0.2, 0.25) is 0 Å². The standard InChI is InChI=1S/C30H46O8S.3C2H6/c1-11-28(5,6)30(9,10)39-17-16-23(31)36-18-20(19-37-26(35)29(7,8)27(2,3)4)38-25(34)22-15-13-12-14-21(22)24(32)33;3*1-2/h12-15,20H,11,16-19H2,1-10H3,(H,32,33);3*1-2H3. The highest BCUT2D eigenvalue weighted by atomic mass is 32.2. The third kappa shape index (κ3) is 15.5. The molecule has 45 heavy (non-hydrogen) atoms. The zero-order valence-corrected chi connectivity index (χ0v) is 32.0. The summed E-state index contributed by atoms with van der Waals surface area (Å²) in [5.41, 5.74) is -1.54. The maximum atomic E-state index is 12.9. The zero-order valence-electron chi connectivity index (χ0n) is 31.1. The minimum atomic E-state index is -1.28. The van der Waals surface area contributed by atoms with E-state index in [9.17, 15) is 24.3 Å². The molecule has 8 nitrogen and oxygen atoms in total. The van der Waals surface area contributed by atoms with E-state index in [1.54, 1.807) is 25.6 Å². The van der Waals surface area contributed by atoms with Crippen molar-refractivity contribution in [2.45, 2.75) is 134 Å². The van der Waals surface area contributed by atoms with Gasteiger partial charge in [0.05, 0.1) is 23.0 Å². The Kier molecular flexibility index (Phi) is 23.0. The Balaban J connectivity index is -0.00000276. The number of aromatic carboxylic acids is 1. The average molecular weight is 657 g/mol. The van der Waals surface area contributed by atoms with Crippen LogP contribution in [0.25, 0.3) is 0 Å². The predicted molar refractivity (Wildman–Crippen MR) is 187 cm³/mol. The van der Waals surface area contributed by atoms with E-state index in [0.29, 0.717) is 5.75 Å². The number of benzene rings is 1. The van der Waals surface area contributed by atoms with Gasteiger partial charge in [-0.1, -0.05) is 109 Å². The summed E-state index contributed by atoms with van der Waals surface area (Å²) in [6.07, 6.45) is 0.0409. The Labute approximate surface area is 278 Å². The number of carbonyl (C=O) groups is 4. The highest BCUT2D eigenvalue weighted by molar-refractivity contribution is 8.00. The summed E-state index contributed by atoms with van der Waals surface area (Å²) in [6.45, 7) is 31.4. The molecular weight excluding hydrogens is 592 g/mol. The lowest BCUT2D eigenvalue weighted by atomic mass is 9.69. The third-order valence-corrected chi connectivity index (χ3v) is 9.83. The van der Waals surface area contributed by atoms with Gasteiger partial charge in [-0.25, -0.2) is 9.59 Å². The van der Waals surface area contributed by atoms with E-state index in [4.69, 9.17) is 14.2 Å². The molecule has 0 saturated heterocycles. The summed E-state index contributed by atoms with van der Waals surface area (Å²) >= 11 is 1.69. The van der Waals surface area contributed by atoms with Gasteiger partial charge in [-0.15, -0.1) is 0 Å². The molecule has 0 aliphatic rings. The van der Waals surface area contributed by atoms with Crippen LogP contribution in [0.15, 0.2) is 24.3 Å². The first-order chi connectivity index (χ1) is 20.8. The van der Waals surface area contributed by atoms with Gasteiger partial charge in [-0.2, -0.15) is 11.8 Å². The SMILES string of the molecule is CC.CC.CC.CCC(C)(C)C(C)(C)SCCC(=O)OCC(COC(=O)C(C)(C)C(C)(C)C)OC(=O)c1ccccc1C(=O)O. The Morgan fingerprint density at radius 1 is 0.778 bits per heavy atom. The Bertz CT molecular complexity index is 1020. The van der Waals surface area contributed by atoms with Crippen molar-refractivity contribution in [3.05, 3.63) is 35.4 Å². The van der Waals surface area contributed by atoms with E-state index in [1.807, 2.05) is 62.3 Å². The summed E-state index contributed by atoms with van der Waals surface area (Å²) in [5, 5.41) is 9.42. The molecule has 0 spiro atoms. The lowest BCUT2D eigenvalue weighted by molar-refractivity contribution is -0.165. The molecule has 262 valence electrons. The second kappa shape index (κ2) is 22.1. The van der Waals surface area contributed by atoms with Crippen LogP contribution in [-0.2, 0) is 23.8 Å². The van der Waals surface area contributed by atoms with E-state index in [0.717, 1.165) is 6.42 Å². The molecule has 1 unspecified atom stereocenters. The van der Waals surface area contributed by atoms with Crippen LogP contribution >= 0.6 is 11.8 Å². The molecule has 1 aromatic rings. The highest BCUT2D eigenvalue weighted by Crippen LogP contribution is 2.44. The van der Waals surface area contributed by atoms with Gasteiger partial charge in [0.1, 0.15) is 13.2 Å². The summed E-state index contributed by atoms with van der Waals surface area (Å²) in [5.74, 6) is -2.61. The maximum absolute atomic E-state index is 12.9. The van der Waals surface area contributed by atoms with Crippen molar-refractivity contribution in [2.24, 2.45) is 16.2 Å². The van der Waals surface area contributed by atoms with E-state index < -0.39 is 40.8 Å². The largest absolute Gasteiger partial charge is 0.478 e. The Hall–Kier alpha value is -2.55. The van der Waals surface area contributed by atoms with Gasteiger partial charge in [-0.05, 0) is 43.2 Å². The fourth-order valence-electron chi connectivity index (χ4n) is 3.10. The van der Waals surface area contributed by atoms with Crippen molar-refractivity contribution in [3.8, 4) is 0 Å². The lowest BCUT2D eigenvalue weighted by Crippen LogP contribution is -2.41. The molecular formula is C36H64O8S. The topological polar surface area (TPSA) is 116 Å². The van der Waals surface area contributed by atoms with Gasteiger partial charge in [0, 0.05) is 10.5 Å². The van der Waals surface area contributed by atoms with E-state index in [-0.39, 0.29) is 40.9 Å². The van der Waals surface area contributed by atoms with Gasteiger partial charge < -0.3 is 19.3 Å². The second-order valence-corrected chi connectivity index (χ2v) is 14.1. The van der Waals surface area contributed by atoms with Gasteiger partial charge in [0.15, 0.2) is 6.10 Å². The number of carboxylic acid groups (broad SMARTS) is 1. The Morgan fingerprint density at radius 3 is 1.69 bits per heavy atom. The smallest absolute Gasteiger partial charge is 0.339 e. The van der Waals surface area contributed by atoms with Crippen molar-refractivity contribution >= 4 is 35.6 Å². The number of thioether (sulfide) groups is 1. The molecule has 0 saturated carbocycles. The van der Waals surface area contributed by atoms with Gasteiger partial charge in [-0.3, -0.25) is 9.59 Å². The number of rotatable bonds is 14. The molecule has 0 aliphatic heterocycles. The normalized spacial score (nSPS) is 12.0. The average Bonchev–Trinajstić information content (AvgIpc) is 3.00. The molecule has 1 N–H and O–H groups in total. The van der Waals surface area contributed by atoms with Crippen LogP contribution in [0.4, 0.5) is 0 Å². The lowest BCUT2D eigenvalue weighted by Gasteiger charge is -2.40. The monoisotopic (exact) mass is 656 g/mol. The number of carbonyl (C=O) groups excluding carboxylic acids is 3. The van der Waals surface area contributed by atoms with Crippen LogP contribution in [0.2, 0.25) is 0 Å². The zero-order chi connectivity index (χ0) is 36.2. The van der Waals surface area contributed by atoms with Gasteiger partial charge in [0.25, 0.3) is 0 Å². The first-order valence-corrected chi connectivity index (χ1v) is 17.3. The summed E-state index contributed by atoms with van der Waals surface area (Å²) in [7, 11) is 0. The minimum Gasteiger partial charge on any atom is -0.478 e. The van der Waals surface area contributed by atoms with Crippen LogP contribution in [0.3, 0.4) is 0 Å². The summed E-state index contributed by atoms with van der Waals surface area (Å²) < 4.78 is 16.3. The van der Waals surface area contributed by atoms with Crippen molar-refractivity contribution < 1.29 is 38.5 Å². The third-order valence-electron chi connectivity index (χ3n) is 8.15. The number of ether oxygens (including phenoxy) is 3. The number of esters is 3. The quantitative estimate of drug-likeness (QED) is 0.154. The van der Waals surface area contributed by atoms with Crippen molar-refractivity contribution in [1.82, 2.24) is 0 Å². The van der Waals surface area contributed by atoms with Crippen LogP contribution < -0.4 is 0 Å². The molecule has 0 heterocycles. The molecule has 9 heteroatoms. The molecule has 1 rings (SSSR count). The van der Waals surface area contributed by atoms with Crippen molar-refractivity contribution in [1.29, 1.82) is 0 Å². The van der Waals surface area contributed by atoms with Crippen LogP contribution in [-0.4, -0.2) is 58.8 Å². The minimum absolute atomic E-state index is 0.0499. The number of carboxylic acids is 1. The number of hydrogen-bond donors (Lipinski definition) is 1. The molecule has 0 radical (unpaired) electrons. The first kappa shape index (κ1) is 46.9. The summed E-state index contributed by atoms with van der Waals surface area (Å²) in [6, 6.07) is 5.64. The van der Waals surface area contributed by atoms with Gasteiger partial charge >= 0.3 is 23.9 Å². The fourth-order valence-corrected chi connectivity index (χ4v) is 4.42. The Morgan fingerprint density at radius 2 is 1.24 bits per heavy atom. The maximum Gasteiger partial charge on any atom is 0.339 e. The number of hydrogen-bond acceptors (Lipinski definition) is 8. The molecule has 0 amide bonds. The van der Waals surface area contributed by atoms with Crippen LogP contribution in [0, 0.1) is 16.2 Å².